The van der Waals surface area contributed by atoms with E-state index in [0.29, 0.717) is 19.3 Å². The highest BCUT2D eigenvalue weighted by Crippen LogP contribution is 2.56. The summed E-state index contributed by atoms with van der Waals surface area (Å²) in [6.45, 7) is 5.59. The summed E-state index contributed by atoms with van der Waals surface area (Å²) in [4.78, 5) is 26.0. The van der Waals surface area contributed by atoms with Gasteiger partial charge in [-0.25, -0.2) is 4.79 Å². The fourth-order valence-electron chi connectivity index (χ4n) is 6.51. The van der Waals surface area contributed by atoms with Gasteiger partial charge >= 0.3 is 5.97 Å². The van der Waals surface area contributed by atoms with Gasteiger partial charge in [0.15, 0.2) is 0 Å². The van der Waals surface area contributed by atoms with Gasteiger partial charge in [0, 0.05) is 23.5 Å². The van der Waals surface area contributed by atoms with Gasteiger partial charge < -0.3 is 20.6 Å². The molecule has 1 spiro atoms. The number of aliphatic carboxylic acids is 1. The Kier molecular flexibility index (Phi) is 6.58. The molecule has 0 bridgehead atoms. The Morgan fingerprint density at radius 3 is 2.56 bits per heavy atom. The fraction of sp³-hybridized carbons (Fsp3) is 0.500. The van der Waals surface area contributed by atoms with Crippen molar-refractivity contribution in [3.8, 4) is 0 Å². The van der Waals surface area contributed by atoms with Gasteiger partial charge in [-0.15, -0.1) is 0 Å². The number of hydrogen-bond donors (Lipinski definition) is 4. The summed E-state index contributed by atoms with van der Waals surface area (Å²) in [7, 11) is 0. The van der Waals surface area contributed by atoms with Gasteiger partial charge in [-0.2, -0.15) is 0 Å². The molecule has 4 rings (SSSR count). The number of carbonyl (C=O) groups is 2. The number of carboxylic acids is 1. The minimum absolute atomic E-state index is 0.173. The number of benzene rings is 1. The van der Waals surface area contributed by atoms with Crippen molar-refractivity contribution < 1.29 is 24.9 Å². The van der Waals surface area contributed by atoms with E-state index < -0.39 is 40.8 Å². The van der Waals surface area contributed by atoms with E-state index in [1.54, 1.807) is 25.2 Å². The van der Waals surface area contributed by atoms with Crippen LogP contribution in [0, 0.1) is 29.1 Å². The minimum Gasteiger partial charge on any atom is -0.478 e. The molecule has 3 aliphatic rings. The van der Waals surface area contributed by atoms with Gasteiger partial charge in [-0.1, -0.05) is 74.6 Å². The molecule has 0 radical (unpaired) electrons. The molecule has 1 aromatic rings. The second-order valence-electron chi connectivity index (χ2n) is 10.6. The highest BCUT2D eigenvalue weighted by Gasteiger charge is 2.65. The molecule has 6 nitrogen and oxygen atoms in total. The molecule has 1 fully saturated rings. The number of aliphatic hydroxyl groups excluding tert-OH is 1. The van der Waals surface area contributed by atoms with Crippen LogP contribution in [0.1, 0.15) is 39.2 Å². The zero-order valence-electron chi connectivity index (χ0n) is 20.0. The lowest BCUT2D eigenvalue weighted by Crippen LogP contribution is -2.54. The van der Waals surface area contributed by atoms with Crippen LogP contribution in [0.25, 0.3) is 0 Å². The van der Waals surface area contributed by atoms with Crippen LogP contribution in [0.3, 0.4) is 0 Å². The van der Waals surface area contributed by atoms with Crippen molar-refractivity contribution >= 4 is 11.9 Å². The summed E-state index contributed by atoms with van der Waals surface area (Å²) in [5.74, 6) is -2.59. The van der Waals surface area contributed by atoms with E-state index >= 15 is 0 Å². The summed E-state index contributed by atoms with van der Waals surface area (Å²) in [6, 6.07) is 9.45. The summed E-state index contributed by atoms with van der Waals surface area (Å²) in [5, 5.41) is 35.6. The minimum atomic E-state index is -1.27. The Hall–Kier alpha value is -2.70. The molecular formula is C28H35NO5. The topological polar surface area (TPSA) is 107 Å². The number of carboxylic acid groups (broad SMARTS) is 1. The number of hydrogen-bond acceptors (Lipinski definition) is 4. The molecule has 1 aromatic carbocycles. The maximum absolute atomic E-state index is 13.8. The predicted molar refractivity (Wildman–Crippen MR) is 130 cm³/mol. The molecule has 2 aliphatic carbocycles. The van der Waals surface area contributed by atoms with E-state index in [1.807, 2.05) is 56.3 Å². The molecular weight excluding hydrogens is 430 g/mol. The third kappa shape index (κ3) is 4.25. The second kappa shape index (κ2) is 9.16. The molecule has 182 valence electrons. The first kappa shape index (κ1) is 24.4. The Morgan fingerprint density at radius 1 is 1.18 bits per heavy atom. The van der Waals surface area contributed by atoms with Crippen molar-refractivity contribution in [3.05, 3.63) is 71.8 Å². The standard InChI is InChI=1S/C28H35NO5/c1-17-8-7-11-20-15-21(25(31)32)18(2)24-22(14-19-9-5-4-6-10-19)29-26(33)28(20,24)23(30)12-13-27(3,34)16-17/h4-7,9-13,15,17-18,20,22-24,30,34H,8,14,16H2,1-3H3,(H,29,33)(H,31,32)/b11-7+,13-12+/t17-,18+,20-,22-,23+,24-,27-,28+/m1/s1. The van der Waals surface area contributed by atoms with Crippen molar-refractivity contribution in [2.45, 2.75) is 57.8 Å². The summed E-state index contributed by atoms with van der Waals surface area (Å²) in [6.07, 6.45) is 9.19. The highest BCUT2D eigenvalue weighted by atomic mass is 16.4. The van der Waals surface area contributed by atoms with Crippen LogP contribution in [0.2, 0.25) is 0 Å². The van der Waals surface area contributed by atoms with Crippen molar-refractivity contribution in [1.29, 1.82) is 0 Å². The van der Waals surface area contributed by atoms with Crippen molar-refractivity contribution in [2.75, 3.05) is 0 Å². The molecule has 0 unspecified atom stereocenters. The summed E-state index contributed by atoms with van der Waals surface area (Å²) >= 11 is 0. The summed E-state index contributed by atoms with van der Waals surface area (Å²) < 4.78 is 0. The maximum atomic E-state index is 13.8. The van der Waals surface area contributed by atoms with Crippen LogP contribution in [0.5, 0.6) is 0 Å². The monoisotopic (exact) mass is 465 g/mol. The van der Waals surface area contributed by atoms with E-state index in [2.05, 4.69) is 5.32 Å². The molecule has 0 saturated carbocycles. The largest absolute Gasteiger partial charge is 0.478 e. The Bertz CT molecular complexity index is 1030. The van der Waals surface area contributed by atoms with E-state index in [0.717, 1.165) is 5.56 Å². The number of carbonyl (C=O) groups excluding carboxylic acids is 1. The molecule has 8 atom stereocenters. The molecule has 6 heteroatoms. The Morgan fingerprint density at radius 2 is 1.88 bits per heavy atom. The first-order valence-electron chi connectivity index (χ1n) is 12.1. The number of amides is 1. The second-order valence-corrected chi connectivity index (χ2v) is 10.6. The van der Waals surface area contributed by atoms with Gasteiger partial charge in [0.1, 0.15) is 0 Å². The Balaban J connectivity index is 1.88. The SMILES string of the molecule is C[C@@H]1C/C=C/[C@@H]2C=C(C(=O)O)[C@H](C)[C@@H]3[C@@H](Cc4ccccc4)NC(=O)[C@@]32[C@@H](O)/C=C/[C@@](C)(O)C1. The van der Waals surface area contributed by atoms with Crippen molar-refractivity contribution in [1.82, 2.24) is 5.32 Å². The first-order chi connectivity index (χ1) is 16.1. The Labute approximate surface area is 201 Å². The van der Waals surface area contributed by atoms with E-state index in [9.17, 15) is 24.9 Å². The molecule has 1 saturated heterocycles. The smallest absolute Gasteiger partial charge is 0.331 e. The van der Waals surface area contributed by atoms with Crippen LogP contribution < -0.4 is 5.32 Å². The lowest BCUT2D eigenvalue weighted by Gasteiger charge is -2.47. The van der Waals surface area contributed by atoms with E-state index in [1.165, 1.54) is 0 Å². The number of nitrogens with one attached hydrogen (secondary N) is 1. The third-order valence-electron chi connectivity index (χ3n) is 7.95. The number of aliphatic hydroxyl groups is 2. The maximum Gasteiger partial charge on any atom is 0.331 e. The van der Waals surface area contributed by atoms with Crippen LogP contribution in [-0.4, -0.2) is 44.9 Å². The molecule has 0 aromatic heterocycles. The van der Waals surface area contributed by atoms with Crippen molar-refractivity contribution in [2.24, 2.45) is 29.1 Å². The first-order valence-corrected chi connectivity index (χ1v) is 12.1. The van der Waals surface area contributed by atoms with Crippen LogP contribution in [0.4, 0.5) is 0 Å². The van der Waals surface area contributed by atoms with Crippen molar-refractivity contribution in [3.63, 3.8) is 0 Å². The van der Waals surface area contributed by atoms with Gasteiger partial charge in [-0.05, 0) is 43.6 Å². The number of allylic oxidation sites excluding steroid dienone is 3. The molecule has 1 heterocycles. The third-order valence-corrected chi connectivity index (χ3v) is 7.95. The molecule has 1 amide bonds. The zero-order valence-corrected chi connectivity index (χ0v) is 20.0. The molecule has 1 aliphatic heterocycles. The quantitative estimate of drug-likeness (QED) is 0.513. The van der Waals surface area contributed by atoms with E-state index in [4.69, 9.17) is 0 Å². The summed E-state index contributed by atoms with van der Waals surface area (Å²) in [5.41, 5.74) is -1.08. The van der Waals surface area contributed by atoms with Crippen LogP contribution in [-0.2, 0) is 16.0 Å². The highest BCUT2D eigenvalue weighted by molar-refractivity contribution is 5.92. The lowest BCUT2D eigenvalue weighted by molar-refractivity contribution is -0.141. The lowest BCUT2D eigenvalue weighted by atomic mass is 9.54. The molecule has 34 heavy (non-hydrogen) atoms. The zero-order chi connectivity index (χ0) is 24.7. The fourth-order valence-corrected chi connectivity index (χ4v) is 6.51. The average molecular weight is 466 g/mol. The van der Waals surface area contributed by atoms with Gasteiger partial charge in [0.25, 0.3) is 0 Å². The van der Waals surface area contributed by atoms with Gasteiger partial charge in [0.2, 0.25) is 5.91 Å². The normalized spacial score (nSPS) is 41.8. The number of rotatable bonds is 3. The average Bonchev–Trinajstić information content (AvgIpc) is 3.06. The van der Waals surface area contributed by atoms with Gasteiger partial charge in [0.05, 0.1) is 17.1 Å². The van der Waals surface area contributed by atoms with Crippen LogP contribution in [0.15, 0.2) is 66.3 Å². The molecule has 4 N–H and O–H groups in total. The van der Waals surface area contributed by atoms with E-state index in [-0.39, 0.29) is 23.4 Å². The van der Waals surface area contributed by atoms with Gasteiger partial charge in [-0.3, -0.25) is 4.79 Å². The van der Waals surface area contributed by atoms with Crippen LogP contribution >= 0.6 is 0 Å². The predicted octanol–water partition coefficient (Wildman–Crippen LogP) is 3.26.